The number of nitrogens with one attached hydrogen (secondary N) is 2. The molecule has 2 N–H and O–H groups in total. The number of urea groups is 2. The van der Waals surface area contributed by atoms with Crippen molar-refractivity contribution in [1.29, 1.82) is 0 Å². The topological polar surface area (TPSA) is 64.7 Å². The van der Waals surface area contributed by atoms with E-state index in [1.54, 1.807) is 0 Å². The standard InChI is InChI=1S/C28H50N4O2/c1-25(2)13-21-15-27(5,17-25)19-31(21)23(33)29-11-9-7-8-10-12-30-24(34)32-20-28(6)16-22(32)14-26(3,4)18-28/h21-22H,7-20H2,1-6H3,(H,29,33)(H,30,34)/t21-,22-,27-,28+/m0/s1. The highest BCUT2D eigenvalue weighted by Gasteiger charge is 2.52. The van der Waals surface area contributed by atoms with Gasteiger partial charge in [0.05, 0.1) is 0 Å². The first kappa shape index (κ1) is 25.6. The third-order valence-electron chi connectivity index (χ3n) is 9.01. The quantitative estimate of drug-likeness (QED) is 0.460. The molecule has 2 aliphatic carbocycles. The van der Waals surface area contributed by atoms with Crippen molar-refractivity contribution >= 4 is 12.1 Å². The van der Waals surface area contributed by atoms with E-state index < -0.39 is 0 Å². The van der Waals surface area contributed by atoms with Crippen molar-refractivity contribution in [3.8, 4) is 0 Å². The van der Waals surface area contributed by atoms with Gasteiger partial charge in [0.2, 0.25) is 0 Å². The second kappa shape index (κ2) is 9.20. The van der Waals surface area contributed by atoms with Crippen LogP contribution >= 0.6 is 0 Å². The van der Waals surface area contributed by atoms with E-state index in [4.69, 9.17) is 0 Å². The van der Waals surface area contributed by atoms with Crippen LogP contribution in [0.2, 0.25) is 0 Å². The summed E-state index contributed by atoms with van der Waals surface area (Å²) >= 11 is 0. The van der Waals surface area contributed by atoms with Crippen LogP contribution in [0.4, 0.5) is 9.59 Å². The number of amides is 4. The van der Waals surface area contributed by atoms with Crippen molar-refractivity contribution in [3.63, 3.8) is 0 Å². The largest absolute Gasteiger partial charge is 0.338 e. The van der Waals surface area contributed by atoms with Crippen LogP contribution in [0.15, 0.2) is 0 Å². The van der Waals surface area contributed by atoms with Crippen LogP contribution in [-0.2, 0) is 0 Å². The van der Waals surface area contributed by atoms with Gasteiger partial charge in [-0.3, -0.25) is 0 Å². The SMILES string of the molecule is CC1(C)C[C@H]2C[C@@](C)(CN2C(=O)NCCCCCCNC(=O)N2C[C@@]3(C)C[C@@H]2CC(C)(C)C3)C1. The molecule has 0 unspecified atom stereocenters. The molecule has 0 aromatic carbocycles. The molecule has 0 aromatic rings. The molecule has 2 saturated heterocycles. The van der Waals surface area contributed by atoms with Crippen molar-refractivity contribution in [3.05, 3.63) is 0 Å². The first-order chi connectivity index (χ1) is 15.8. The smallest absolute Gasteiger partial charge is 0.317 e. The van der Waals surface area contributed by atoms with Crippen molar-refractivity contribution in [2.24, 2.45) is 21.7 Å². The number of carbonyl (C=O) groups is 2. The van der Waals surface area contributed by atoms with E-state index in [9.17, 15) is 9.59 Å². The first-order valence-corrected chi connectivity index (χ1v) is 13.9. The summed E-state index contributed by atoms with van der Waals surface area (Å²) in [5, 5.41) is 6.34. The summed E-state index contributed by atoms with van der Waals surface area (Å²) in [4.78, 5) is 29.8. The molecule has 4 amide bonds. The maximum atomic E-state index is 12.8. The van der Waals surface area contributed by atoms with Crippen LogP contribution in [0, 0.1) is 21.7 Å². The van der Waals surface area contributed by atoms with E-state index >= 15 is 0 Å². The highest BCUT2D eigenvalue weighted by Crippen LogP contribution is 2.53. The summed E-state index contributed by atoms with van der Waals surface area (Å²) in [5.41, 5.74) is 1.25. The predicted molar refractivity (Wildman–Crippen MR) is 138 cm³/mol. The maximum Gasteiger partial charge on any atom is 0.317 e. The average Bonchev–Trinajstić information content (AvgIpc) is 3.10. The minimum absolute atomic E-state index is 0.131. The lowest BCUT2D eigenvalue weighted by Crippen LogP contribution is -2.44. The van der Waals surface area contributed by atoms with Crippen LogP contribution in [-0.4, -0.2) is 60.1 Å². The minimum Gasteiger partial charge on any atom is -0.338 e. The van der Waals surface area contributed by atoms with Crippen LogP contribution in [0.1, 0.15) is 106 Å². The van der Waals surface area contributed by atoms with E-state index in [0.29, 0.717) is 22.9 Å². The molecular weight excluding hydrogens is 424 g/mol. The first-order valence-electron chi connectivity index (χ1n) is 13.9. The molecule has 4 atom stereocenters. The predicted octanol–water partition coefficient (Wildman–Crippen LogP) is 5.77. The third kappa shape index (κ3) is 5.84. The number of likely N-dealkylation sites (tertiary alicyclic amines) is 2. The molecule has 0 aromatic heterocycles. The maximum absolute atomic E-state index is 12.8. The Balaban J connectivity index is 1.07. The minimum atomic E-state index is 0.131. The van der Waals surface area contributed by atoms with Crippen molar-refractivity contribution in [2.45, 2.75) is 118 Å². The molecule has 34 heavy (non-hydrogen) atoms. The molecule has 4 aliphatic rings. The Morgan fingerprint density at radius 3 is 1.41 bits per heavy atom. The zero-order valence-corrected chi connectivity index (χ0v) is 22.8. The Kier molecular flexibility index (Phi) is 6.94. The molecule has 6 nitrogen and oxygen atoms in total. The number of unbranched alkanes of at least 4 members (excludes halogenated alkanes) is 3. The Hall–Kier alpha value is -1.46. The lowest BCUT2D eigenvalue weighted by atomic mass is 9.65. The van der Waals surface area contributed by atoms with E-state index in [0.717, 1.165) is 77.5 Å². The van der Waals surface area contributed by atoms with Crippen LogP contribution < -0.4 is 10.6 Å². The normalized spacial score (nSPS) is 35.4. The van der Waals surface area contributed by atoms with Gasteiger partial charge in [0, 0.05) is 38.3 Å². The van der Waals surface area contributed by atoms with E-state index in [1.807, 2.05) is 0 Å². The Morgan fingerprint density at radius 2 is 1.03 bits per heavy atom. The molecule has 194 valence electrons. The molecule has 2 saturated carbocycles. The summed E-state index contributed by atoms with van der Waals surface area (Å²) in [6.07, 6.45) is 11.2. The lowest BCUT2D eigenvalue weighted by molar-refractivity contribution is 0.128. The monoisotopic (exact) mass is 474 g/mol. The number of hydrogen-bond acceptors (Lipinski definition) is 2. The molecular formula is C28H50N4O2. The number of nitrogens with zero attached hydrogens (tertiary/aromatic N) is 2. The molecule has 0 spiro atoms. The summed E-state index contributed by atoms with van der Waals surface area (Å²) < 4.78 is 0. The molecule has 4 bridgehead atoms. The summed E-state index contributed by atoms with van der Waals surface area (Å²) in [7, 11) is 0. The van der Waals surface area contributed by atoms with Gasteiger partial charge in [-0.1, -0.05) is 54.4 Å². The second-order valence-corrected chi connectivity index (χ2v) is 14.6. The van der Waals surface area contributed by atoms with Gasteiger partial charge in [0.1, 0.15) is 0 Å². The van der Waals surface area contributed by atoms with Crippen LogP contribution in [0.5, 0.6) is 0 Å². The summed E-state index contributed by atoms with van der Waals surface area (Å²) in [5.74, 6) is 0. The van der Waals surface area contributed by atoms with Crippen LogP contribution in [0.25, 0.3) is 0 Å². The third-order valence-corrected chi connectivity index (χ3v) is 9.01. The summed E-state index contributed by atoms with van der Waals surface area (Å²) in [6.45, 7) is 17.4. The Morgan fingerprint density at radius 1 is 0.647 bits per heavy atom. The van der Waals surface area contributed by atoms with E-state index in [1.165, 1.54) is 12.8 Å². The Bertz CT molecular complexity index is 716. The highest BCUT2D eigenvalue weighted by molar-refractivity contribution is 5.75. The van der Waals surface area contributed by atoms with E-state index in [-0.39, 0.29) is 22.9 Å². The fourth-order valence-electron chi connectivity index (χ4n) is 8.59. The molecule has 4 rings (SSSR count). The number of fused-ring (bicyclic) bond motifs is 4. The number of carbonyl (C=O) groups excluding carboxylic acids is 2. The van der Waals surface area contributed by atoms with Gasteiger partial charge in [0.15, 0.2) is 0 Å². The van der Waals surface area contributed by atoms with Gasteiger partial charge in [-0.25, -0.2) is 9.59 Å². The fraction of sp³-hybridized carbons (Fsp3) is 0.929. The van der Waals surface area contributed by atoms with Gasteiger partial charge in [-0.05, 0) is 73.0 Å². The van der Waals surface area contributed by atoms with Crippen LogP contribution in [0.3, 0.4) is 0 Å². The number of rotatable bonds is 7. The summed E-state index contributed by atoms with van der Waals surface area (Å²) in [6, 6.07) is 1.07. The number of hydrogen-bond donors (Lipinski definition) is 2. The van der Waals surface area contributed by atoms with Gasteiger partial charge in [-0.15, -0.1) is 0 Å². The molecule has 0 radical (unpaired) electrons. The fourth-order valence-corrected chi connectivity index (χ4v) is 8.59. The lowest BCUT2D eigenvalue weighted by Gasteiger charge is -2.39. The zero-order valence-electron chi connectivity index (χ0n) is 22.8. The molecule has 4 fully saturated rings. The molecule has 6 heteroatoms. The van der Waals surface area contributed by atoms with Gasteiger partial charge in [0.25, 0.3) is 0 Å². The molecule has 2 aliphatic heterocycles. The van der Waals surface area contributed by atoms with Crippen molar-refractivity contribution in [1.82, 2.24) is 20.4 Å². The zero-order chi connectivity index (χ0) is 24.8. The van der Waals surface area contributed by atoms with Gasteiger partial charge < -0.3 is 20.4 Å². The van der Waals surface area contributed by atoms with Gasteiger partial charge in [-0.2, -0.15) is 0 Å². The Labute approximate surface area is 208 Å². The van der Waals surface area contributed by atoms with Crippen molar-refractivity contribution in [2.75, 3.05) is 26.2 Å². The van der Waals surface area contributed by atoms with Gasteiger partial charge >= 0.3 is 12.1 Å². The highest BCUT2D eigenvalue weighted by atomic mass is 16.2. The average molecular weight is 475 g/mol. The molecule has 2 heterocycles. The van der Waals surface area contributed by atoms with E-state index in [2.05, 4.69) is 62.0 Å². The second-order valence-electron chi connectivity index (χ2n) is 14.6. The van der Waals surface area contributed by atoms with Crippen molar-refractivity contribution < 1.29 is 9.59 Å².